The molecule has 1 heterocycles. The standard InChI is InChI=1S/C30H28ClFN4O3S/c1-35-15-14-33-29(35)18-36(30(37)27-17-25(27)19-2-6-21(31)7-3-19)23-10-4-20-5-13-28(26(20)16-23)34-40(38,39)24-11-8-22(32)9-12-24/h2-4,6-12,14-16,25,27-28,34H,5,13,17-18H2,1H3/t25-,27+,28+/m1/s1. The summed E-state index contributed by atoms with van der Waals surface area (Å²) in [6.45, 7) is 0.289. The smallest absolute Gasteiger partial charge is 0.241 e. The number of benzene rings is 3. The number of carbonyl (C=O) groups is 1. The Morgan fingerprint density at radius 1 is 1.12 bits per heavy atom. The third kappa shape index (κ3) is 5.29. The molecule has 40 heavy (non-hydrogen) atoms. The first-order chi connectivity index (χ1) is 19.2. The Balaban J connectivity index is 1.29. The van der Waals surface area contributed by atoms with E-state index in [1.165, 1.54) is 12.1 Å². The number of sulfonamides is 1. The van der Waals surface area contributed by atoms with Gasteiger partial charge in [0.1, 0.15) is 11.6 Å². The van der Waals surface area contributed by atoms with Crippen LogP contribution < -0.4 is 9.62 Å². The second-order valence-electron chi connectivity index (χ2n) is 10.4. The molecule has 1 saturated carbocycles. The van der Waals surface area contributed by atoms with Gasteiger partial charge in [0.2, 0.25) is 15.9 Å². The van der Waals surface area contributed by atoms with Crippen molar-refractivity contribution in [2.75, 3.05) is 4.90 Å². The summed E-state index contributed by atoms with van der Waals surface area (Å²) in [4.78, 5) is 20.1. The molecule has 7 nitrogen and oxygen atoms in total. The fourth-order valence-electron chi connectivity index (χ4n) is 5.48. The monoisotopic (exact) mass is 578 g/mol. The zero-order valence-corrected chi connectivity index (χ0v) is 23.4. The number of amides is 1. The van der Waals surface area contributed by atoms with Crippen LogP contribution >= 0.6 is 11.6 Å². The second-order valence-corrected chi connectivity index (χ2v) is 12.6. The van der Waals surface area contributed by atoms with E-state index in [2.05, 4.69) is 9.71 Å². The van der Waals surface area contributed by atoms with Crippen molar-refractivity contribution >= 4 is 33.2 Å². The average Bonchev–Trinajstić information content (AvgIpc) is 3.50. The summed E-state index contributed by atoms with van der Waals surface area (Å²) in [5, 5.41) is 0.659. The van der Waals surface area contributed by atoms with Gasteiger partial charge in [-0.25, -0.2) is 22.5 Å². The minimum atomic E-state index is -3.86. The molecule has 6 rings (SSSR count). The Hall–Kier alpha value is -3.53. The number of halogens is 2. The van der Waals surface area contributed by atoms with E-state index in [4.69, 9.17) is 11.6 Å². The summed E-state index contributed by atoms with van der Waals surface area (Å²) >= 11 is 6.06. The summed E-state index contributed by atoms with van der Waals surface area (Å²) in [7, 11) is -1.97. The molecule has 206 valence electrons. The van der Waals surface area contributed by atoms with Crippen LogP contribution in [0.4, 0.5) is 10.1 Å². The molecule has 10 heteroatoms. The molecular weight excluding hydrogens is 551 g/mol. The van der Waals surface area contributed by atoms with Crippen molar-refractivity contribution in [2.45, 2.75) is 42.7 Å². The number of rotatable bonds is 8. The van der Waals surface area contributed by atoms with Gasteiger partial charge >= 0.3 is 0 Å². The van der Waals surface area contributed by atoms with Crippen LogP contribution in [0.3, 0.4) is 0 Å². The number of aryl methyl sites for hydroxylation is 2. The predicted octanol–water partition coefficient (Wildman–Crippen LogP) is 5.52. The van der Waals surface area contributed by atoms with Crippen molar-refractivity contribution in [2.24, 2.45) is 13.0 Å². The Labute approximate surface area is 237 Å². The first-order valence-corrected chi connectivity index (χ1v) is 15.0. The van der Waals surface area contributed by atoms with Crippen LogP contribution in [0, 0.1) is 11.7 Å². The lowest BCUT2D eigenvalue weighted by Gasteiger charge is -2.25. The first kappa shape index (κ1) is 26.7. The van der Waals surface area contributed by atoms with Crippen LogP contribution in [0.5, 0.6) is 0 Å². The minimum Gasteiger partial charge on any atom is -0.337 e. The quantitative estimate of drug-likeness (QED) is 0.299. The Bertz CT molecular complexity index is 1670. The molecule has 3 atom stereocenters. The van der Waals surface area contributed by atoms with Gasteiger partial charge in [-0.3, -0.25) is 4.79 Å². The molecule has 1 N–H and O–H groups in total. The highest BCUT2D eigenvalue weighted by Gasteiger charge is 2.46. The van der Waals surface area contributed by atoms with E-state index in [1.54, 1.807) is 11.1 Å². The van der Waals surface area contributed by atoms with Gasteiger partial charge in [0.05, 0.1) is 11.4 Å². The van der Waals surface area contributed by atoms with Crippen LogP contribution in [-0.4, -0.2) is 23.9 Å². The van der Waals surface area contributed by atoms with Gasteiger partial charge in [-0.1, -0.05) is 29.8 Å². The van der Waals surface area contributed by atoms with Crippen LogP contribution in [0.1, 0.15) is 47.3 Å². The number of nitrogens with one attached hydrogen (secondary N) is 1. The molecule has 0 radical (unpaired) electrons. The molecule has 2 aliphatic rings. The number of nitrogens with zero attached hydrogens (tertiary/aromatic N) is 3. The zero-order valence-electron chi connectivity index (χ0n) is 21.8. The number of aromatic nitrogens is 2. The molecule has 3 aromatic carbocycles. The molecule has 0 bridgehead atoms. The normalized spacial score (nSPS) is 19.8. The van der Waals surface area contributed by atoms with Gasteiger partial charge in [0, 0.05) is 42.1 Å². The predicted molar refractivity (Wildman–Crippen MR) is 151 cm³/mol. The molecule has 0 saturated heterocycles. The van der Waals surface area contributed by atoms with Crippen molar-refractivity contribution in [1.82, 2.24) is 14.3 Å². The van der Waals surface area contributed by atoms with Gasteiger partial charge in [0.25, 0.3) is 0 Å². The highest BCUT2D eigenvalue weighted by molar-refractivity contribution is 7.89. The van der Waals surface area contributed by atoms with E-state index < -0.39 is 21.9 Å². The maximum absolute atomic E-state index is 13.9. The van der Waals surface area contributed by atoms with Gasteiger partial charge in [-0.15, -0.1) is 0 Å². The van der Waals surface area contributed by atoms with Gasteiger partial charge in [-0.2, -0.15) is 0 Å². The molecule has 1 fully saturated rings. The van der Waals surface area contributed by atoms with Crippen molar-refractivity contribution in [1.29, 1.82) is 0 Å². The molecule has 0 spiro atoms. The summed E-state index contributed by atoms with van der Waals surface area (Å²) < 4.78 is 44.1. The van der Waals surface area contributed by atoms with Crippen molar-refractivity contribution in [3.63, 3.8) is 0 Å². The fraction of sp³-hybridized carbons (Fsp3) is 0.267. The van der Waals surface area contributed by atoms with E-state index in [0.29, 0.717) is 23.6 Å². The zero-order chi connectivity index (χ0) is 28.0. The molecule has 1 amide bonds. The highest BCUT2D eigenvalue weighted by atomic mass is 35.5. The lowest BCUT2D eigenvalue weighted by molar-refractivity contribution is -0.120. The maximum Gasteiger partial charge on any atom is 0.241 e. The van der Waals surface area contributed by atoms with E-state index in [-0.39, 0.29) is 29.2 Å². The first-order valence-electron chi connectivity index (χ1n) is 13.1. The van der Waals surface area contributed by atoms with Crippen LogP contribution in [0.25, 0.3) is 0 Å². The topological polar surface area (TPSA) is 84.3 Å². The minimum absolute atomic E-state index is 0.00402. The Kier molecular flexibility index (Phi) is 6.98. The molecule has 0 aliphatic heterocycles. The van der Waals surface area contributed by atoms with E-state index in [9.17, 15) is 17.6 Å². The largest absolute Gasteiger partial charge is 0.337 e. The number of carbonyl (C=O) groups excluding carboxylic acids is 1. The van der Waals surface area contributed by atoms with E-state index in [0.717, 1.165) is 41.1 Å². The third-order valence-corrected chi connectivity index (χ3v) is 9.57. The second kappa shape index (κ2) is 10.5. The van der Waals surface area contributed by atoms with Gasteiger partial charge in [0.15, 0.2) is 0 Å². The molecule has 2 aliphatic carbocycles. The third-order valence-electron chi connectivity index (χ3n) is 7.83. The van der Waals surface area contributed by atoms with Gasteiger partial charge < -0.3 is 9.47 Å². The Morgan fingerprint density at radius 3 is 2.58 bits per heavy atom. The molecule has 0 unspecified atom stereocenters. The number of imidazole rings is 1. The lowest BCUT2D eigenvalue weighted by Crippen LogP contribution is -2.33. The summed E-state index contributed by atoms with van der Waals surface area (Å²) in [6, 6.07) is 17.7. The van der Waals surface area contributed by atoms with Crippen molar-refractivity contribution in [3.05, 3.63) is 112 Å². The summed E-state index contributed by atoms with van der Waals surface area (Å²) in [5.41, 5.74) is 3.65. The summed E-state index contributed by atoms with van der Waals surface area (Å²) in [5.74, 6) is 0.206. The highest BCUT2D eigenvalue weighted by Crippen LogP contribution is 2.49. The lowest BCUT2D eigenvalue weighted by atomic mass is 10.1. The van der Waals surface area contributed by atoms with E-state index in [1.807, 2.05) is 60.3 Å². The molecule has 4 aromatic rings. The number of hydrogen-bond acceptors (Lipinski definition) is 4. The fourth-order valence-corrected chi connectivity index (χ4v) is 6.86. The Morgan fingerprint density at radius 2 is 1.88 bits per heavy atom. The van der Waals surface area contributed by atoms with Crippen LogP contribution in [0.15, 0.2) is 84.0 Å². The van der Waals surface area contributed by atoms with Crippen LogP contribution in [0.2, 0.25) is 5.02 Å². The average molecular weight is 579 g/mol. The number of anilines is 1. The molecule has 1 aromatic heterocycles. The summed E-state index contributed by atoms with van der Waals surface area (Å²) in [6.07, 6.45) is 5.60. The molecular formula is C30H28ClFN4O3S. The van der Waals surface area contributed by atoms with Gasteiger partial charge in [-0.05, 0) is 90.4 Å². The van der Waals surface area contributed by atoms with Crippen molar-refractivity contribution < 1.29 is 17.6 Å². The number of fused-ring (bicyclic) bond motifs is 1. The number of hydrogen-bond donors (Lipinski definition) is 1. The van der Waals surface area contributed by atoms with E-state index >= 15 is 0 Å². The maximum atomic E-state index is 13.9. The van der Waals surface area contributed by atoms with Crippen LogP contribution in [-0.2, 0) is 34.8 Å². The SMILES string of the molecule is Cn1ccnc1CN(C(=O)[C@H]1C[C@@H]1c1ccc(Cl)cc1)c1ccc2c(c1)[C@@H](NS(=O)(=O)c1ccc(F)cc1)CC2. The van der Waals surface area contributed by atoms with Crippen molar-refractivity contribution in [3.8, 4) is 0 Å².